The van der Waals surface area contributed by atoms with Gasteiger partial charge in [-0.2, -0.15) is 11.8 Å². The third-order valence-electron chi connectivity index (χ3n) is 3.89. The van der Waals surface area contributed by atoms with Gasteiger partial charge in [-0.15, -0.1) is 0 Å². The summed E-state index contributed by atoms with van der Waals surface area (Å²) in [5.41, 5.74) is 0.462. The van der Waals surface area contributed by atoms with E-state index in [1.165, 1.54) is 63.2 Å². The van der Waals surface area contributed by atoms with Gasteiger partial charge < -0.3 is 9.64 Å². The summed E-state index contributed by atoms with van der Waals surface area (Å²) in [6.45, 7) is 10.8. The van der Waals surface area contributed by atoms with E-state index in [1.807, 2.05) is 7.11 Å². The van der Waals surface area contributed by atoms with Gasteiger partial charge in [-0.25, -0.2) is 0 Å². The Morgan fingerprint density at radius 2 is 1.74 bits per heavy atom. The maximum atomic E-state index is 5.63. The van der Waals surface area contributed by atoms with Crippen LogP contribution < -0.4 is 0 Å². The van der Waals surface area contributed by atoms with E-state index in [2.05, 4.69) is 37.4 Å². The van der Waals surface area contributed by atoms with E-state index in [4.69, 9.17) is 4.74 Å². The maximum absolute atomic E-state index is 5.63. The molecule has 3 heteroatoms. The monoisotopic (exact) mass is 287 g/mol. The first-order valence-electron chi connectivity index (χ1n) is 7.84. The van der Waals surface area contributed by atoms with Crippen LogP contribution in [0.4, 0.5) is 0 Å². The van der Waals surface area contributed by atoms with Crippen LogP contribution in [0.2, 0.25) is 0 Å². The molecule has 0 saturated carbocycles. The Kier molecular flexibility index (Phi) is 8.43. The minimum absolute atomic E-state index is 0.462. The Morgan fingerprint density at radius 3 is 2.32 bits per heavy atom. The first-order chi connectivity index (χ1) is 9.01. The lowest BCUT2D eigenvalue weighted by molar-refractivity contribution is 0.0786. The molecule has 0 aromatic rings. The van der Waals surface area contributed by atoms with Crippen LogP contribution in [0, 0.1) is 5.41 Å². The lowest BCUT2D eigenvalue weighted by Gasteiger charge is -2.27. The van der Waals surface area contributed by atoms with Crippen molar-refractivity contribution in [2.24, 2.45) is 5.41 Å². The van der Waals surface area contributed by atoms with Crippen molar-refractivity contribution in [2.75, 3.05) is 38.2 Å². The van der Waals surface area contributed by atoms with Gasteiger partial charge in [0.25, 0.3) is 0 Å². The van der Waals surface area contributed by atoms with Crippen LogP contribution in [0.25, 0.3) is 0 Å². The number of hydrogen-bond acceptors (Lipinski definition) is 3. The van der Waals surface area contributed by atoms with Gasteiger partial charge in [0.15, 0.2) is 0 Å². The zero-order chi connectivity index (χ0) is 14.1. The average molecular weight is 288 g/mol. The van der Waals surface area contributed by atoms with Gasteiger partial charge in [0.2, 0.25) is 0 Å². The molecule has 1 atom stereocenters. The van der Waals surface area contributed by atoms with Crippen molar-refractivity contribution in [3.05, 3.63) is 0 Å². The molecule has 1 rings (SSSR count). The SMILES string of the molecule is CO[C@@H](CCCN1CCSCC1)CCCC(C)(C)C. The summed E-state index contributed by atoms with van der Waals surface area (Å²) in [7, 11) is 1.87. The quantitative estimate of drug-likeness (QED) is 0.668. The highest BCUT2D eigenvalue weighted by atomic mass is 32.2. The fourth-order valence-electron chi connectivity index (χ4n) is 2.61. The van der Waals surface area contributed by atoms with Crippen molar-refractivity contribution in [3.63, 3.8) is 0 Å². The summed E-state index contributed by atoms with van der Waals surface area (Å²) in [5, 5.41) is 0. The van der Waals surface area contributed by atoms with E-state index in [0.29, 0.717) is 11.5 Å². The highest BCUT2D eigenvalue weighted by Gasteiger charge is 2.14. The number of nitrogens with zero attached hydrogens (tertiary/aromatic N) is 1. The molecule has 1 fully saturated rings. The summed E-state index contributed by atoms with van der Waals surface area (Å²) < 4.78 is 5.63. The fraction of sp³-hybridized carbons (Fsp3) is 1.00. The molecule has 2 nitrogen and oxygen atoms in total. The molecule has 0 aromatic heterocycles. The largest absolute Gasteiger partial charge is 0.381 e. The molecule has 1 heterocycles. The third kappa shape index (κ3) is 8.93. The van der Waals surface area contributed by atoms with Crippen molar-refractivity contribution in [2.45, 2.75) is 59.0 Å². The molecule has 114 valence electrons. The molecule has 1 aliphatic rings. The van der Waals surface area contributed by atoms with E-state index < -0.39 is 0 Å². The van der Waals surface area contributed by atoms with Crippen LogP contribution in [-0.4, -0.2) is 49.3 Å². The molecule has 19 heavy (non-hydrogen) atoms. The number of hydrogen-bond donors (Lipinski definition) is 0. The summed E-state index contributed by atoms with van der Waals surface area (Å²) in [4.78, 5) is 2.61. The van der Waals surface area contributed by atoms with Crippen LogP contribution in [0.1, 0.15) is 52.9 Å². The standard InChI is InChI=1S/C16H33NOS/c1-16(2,3)9-5-7-15(18-4)8-6-10-17-11-13-19-14-12-17/h15H,5-14H2,1-4H3/t15-/m1/s1. The van der Waals surface area contributed by atoms with E-state index in [0.717, 1.165) is 0 Å². The molecule has 0 bridgehead atoms. The number of thioether (sulfide) groups is 1. The first kappa shape index (κ1) is 17.3. The fourth-order valence-corrected chi connectivity index (χ4v) is 3.59. The Bertz CT molecular complexity index is 221. The molecular weight excluding hydrogens is 254 g/mol. The normalized spacial score (nSPS) is 19.6. The summed E-state index contributed by atoms with van der Waals surface area (Å²) in [6, 6.07) is 0. The lowest BCUT2D eigenvalue weighted by atomic mass is 9.89. The second kappa shape index (κ2) is 9.25. The molecule has 0 radical (unpaired) electrons. The van der Waals surface area contributed by atoms with Gasteiger partial charge in [-0.1, -0.05) is 27.2 Å². The van der Waals surface area contributed by atoms with Crippen molar-refractivity contribution in [1.29, 1.82) is 0 Å². The predicted molar refractivity (Wildman–Crippen MR) is 87.1 cm³/mol. The van der Waals surface area contributed by atoms with Crippen LogP contribution >= 0.6 is 11.8 Å². The second-order valence-corrected chi connectivity index (χ2v) is 8.13. The van der Waals surface area contributed by atoms with Crippen molar-refractivity contribution in [3.8, 4) is 0 Å². The van der Waals surface area contributed by atoms with E-state index in [-0.39, 0.29) is 0 Å². The zero-order valence-electron chi connectivity index (χ0n) is 13.4. The number of ether oxygens (including phenoxy) is 1. The Morgan fingerprint density at radius 1 is 1.11 bits per heavy atom. The van der Waals surface area contributed by atoms with Gasteiger partial charge in [-0.05, 0) is 37.6 Å². The molecule has 1 saturated heterocycles. The van der Waals surface area contributed by atoms with E-state index in [9.17, 15) is 0 Å². The van der Waals surface area contributed by atoms with Crippen LogP contribution in [0.15, 0.2) is 0 Å². The molecular formula is C16H33NOS. The molecule has 0 unspecified atom stereocenters. The number of methoxy groups -OCH3 is 1. The maximum Gasteiger partial charge on any atom is 0.0571 e. The summed E-state index contributed by atoms with van der Waals surface area (Å²) in [6.07, 6.45) is 6.81. The summed E-state index contributed by atoms with van der Waals surface area (Å²) >= 11 is 2.09. The summed E-state index contributed by atoms with van der Waals surface area (Å²) in [5.74, 6) is 2.64. The van der Waals surface area contributed by atoms with Crippen molar-refractivity contribution < 1.29 is 4.74 Å². The van der Waals surface area contributed by atoms with Crippen LogP contribution in [-0.2, 0) is 4.74 Å². The van der Waals surface area contributed by atoms with Crippen LogP contribution in [0.3, 0.4) is 0 Å². The first-order valence-corrected chi connectivity index (χ1v) is 8.99. The van der Waals surface area contributed by atoms with Gasteiger partial charge in [0.1, 0.15) is 0 Å². The highest BCUT2D eigenvalue weighted by molar-refractivity contribution is 7.99. The smallest absolute Gasteiger partial charge is 0.0571 e. The minimum atomic E-state index is 0.462. The average Bonchev–Trinajstić information content (AvgIpc) is 2.37. The predicted octanol–water partition coefficient (Wildman–Crippen LogP) is 4.05. The Labute approximate surface area is 124 Å². The Balaban J connectivity index is 2.07. The molecule has 0 aliphatic carbocycles. The van der Waals surface area contributed by atoms with Gasteiger partial charge in [0, 0.05) is 31.7 Å². The van der Waals surface area contributed by atoms with Gasteiger partial charge >= 0.3 is 0 Å². The lowest BCUT2D eigenvalue weighted by Crippen LogP contribution is -2.33. The topological polar surface area (TPSA) is 12.5 Å². The minimum Gasteiger partial charge on any atom is -0.381 e. The third-order valence-corrected chi connectivity index (χ3v) is 4.83. The molecule has 0 N–H and O–H groups in total. The Hall–Kier alpha value is 0.270. The molecule has 0 amide bonds. The number of rotatable bonds is 8. The van der Waals surface area contributed by atoms with Gasteiger partial charge in [-0.3, -0.25) is 0 Å². The van der Waals surface area contributed by atoms with Gasteiger partial charge in [0.05, 0.1) is 6.10 Å². The van der Waals surface area contributed by atoms with E-state index >= 15 is 0 Å². The van der Waals surface area contributed by atoms with Crippen molar-refractivity contribution >= 4 is 11.8 Å². The molecule has 0 spiro atoms. The van der Waals surface area contributed by atoms with Crippen LogP contribution in [0.5, 0.6) is 0 Å². The van der Waals surface area contributed by atoms with E-state index in [1.54, 1.807) is 0 Å². The highest BCUT2D eigenvalue weighted by Crippen LogP contribution is 2.23. The zero-order valence-corrected chi connectivity index (χ0v) is 14.2. The molecule has 0 aromatic carbocycles. The second-order valence-electron chi connectivity index (χ2n) is 6.91. The molecule has 1 aliphatic heterocycles. The van der Waals surface area contributed by atoms with Crippen molar-refractivity contribution in [1.82, 2.24) is 4.90 Å².